The van der Waals surface area contributed by atoms with Crippen molar-refractivity contribution >= 4 is 5.97 Å². The Bertz CT molecular complexity index is 301. The summed E-state index contributed by atoms with van der Waals surface area (Å²) in [6.45, 7) is 1.33. The molecule has 1 heterocycles. The lowest BCUT2D eigenvalue weighted by atomic mass is 10.2. The Labute approximate surface area is 89.6 Å². The Morgan fingerprint density at radius 3 is 2.87 bits per heavy atom. The number of carbonyl (C=O) groups excluding carboxylic acids is 1. The van der Waals surface area contributed by atoms with Gasteiger partial charge in [0.25, 0.3) is 0 Å². The molecule has 0 unspecified atom stereocenters. The third-order valence-corrected chi connectivity index (χ3v) is 2.17. The van der Waals surface area contributed by atoms with E-state index in [1.165, 1.54) is 0 Å². The van der Waals surface area contributed by atoms with E-state index < -0.39 is 5.97 Å². The van der Waals surface area contributed by atoms with Crippen LogP contribution in [0.15, 0.2) is 24.4 Å². The van der Waals surface area contributed by atoms with Crippen molar-refractivity contribution in [3.05, 3.63) is 30.1 Å². The molecule has 0 aliphatic rings. The Morgan fingerprint density at radius 1 is 1.47 bits per heavy atom. The van der Waals surface area contributed by atoms with E-state index in [2.05, 4.69) is 4.98 Å². The van der Waals surface area contributed by atoms with Crippen molar-refractivity contribution in [3.8, 4) is 0 Å². The SMILES string of the molecule is CN(CCC(=O)[O-])CCc1ccccn1. The van der Waals surface area contributed by atoms with Crippen LogP contribution in [0.5, 0.6) is 0 Å². The Hall–Kier alpha value is -1.42. The summed E-state index contributed by atoms with van der Waals surface area (Å²) in [7, 11) is 1.89. The third-order valence-electron chi connectivity index (χ3n) is 2.17. The molecule has 82 valence electrons. The first-order valence-corrected chi connectivity index (χ1v) is 4.97. The summed E-state index contributed by atoms with van der Waals surface area (Å²) in [6.07, 6.45) is 2.68. The van der Waals surface area contributed by atoms with Gasteiger partial charge in [0.05, 0.1) is 0 Å². The molecule has 0 aliphatic heterocycles. The number of carboxylic acid groups (broad SMARTS) is 1. The average molecular weight is 207 g/mol. The number of likely N-dealkylation sites (N-methyl/N-ethyl adjacent to an activating group) is 1. The van der Waals surface area contributed by atoms with Gasteiger partial charge in [-0.05, 0) is 25.6 Å². The maximum absolute atomic E-state index is 10.2. The van der Waals surface area contributed by atoms with Gasteiger partial charge in [-0.15, -0.1) is 0 Å². The molecule has 0 bridgehead atoms. The Balaban J connectivity index is 2.22. The minimum atomic E-state index is -1.00. The lowest BCUT2D eigenvalue weighted by molar-refractivity contribution is -0.305. The summed E-state index contributed by atoms with van der Waals surface area (Å²) in [4.78, 5) is 16.4. The number of carboxylic acids is 1. The third kappa shape index (κ3) is 5.12. The lowest BCUT2D eigenvalue weighted by Crippen LogP contribution is -2.30. The van der Waals surface area contributed by atoms with Crippen LogP contribution >= 0.6 is 0 Å². The van der Waals surface area contributed by atoms with Gasteiger partial charge in [-0.1, -0.05) is 6.07 Å². The summed E-state index contributed by atoms with van der Waals surface area (Å²) in [5, 5.41) is 10.2. The highest BCUT2D eigenvalue weighted by Gasteiger charge is 1.99. The number of nitrogens with zero attached hydrogens (tertiary/aromatic N) is 2. The van der Waals surface area contributed by atoms with Crippen LogP contribution in [-0.4, -0.2) is 36.0 Å². The predicted molar refractivity (Wildman–Crippen MR) is 55.1 cm³/mol. The number of aromatic nitrogens is 1. The van der Waals surface area contributed by atoms with Crippen molar-refractivity contribution in [1.29, 1.82) is 0 Å². The van der Waals surface area contributed by atoms with Gasteiger partial charge in [-0.2, -0.15) is 0 Å². The van der Waals surface area contributed by atoms with E-state index in [9.17, 15) is 9.90 Å². The van der Waals surface area contributed by atoms with E-state index >= 15 is 0 Å². The van der Waals surface area contributed by atoms with Crippen molar-refractivity contribution in [2.45, 2.75) is 12.8 Å². The van der Waals surface area contributed by atoms with E-state index in [1.54, 1.807) is 6.20 Å². The molecule has 0 radical (unpaired) electrons. The van der Waals surface area contributed by atoms with E-state index in [4.69, 9.17) is 0 Å². The van der Waals surface area contributed by atoms with Crippen molar-refractivity contribution in [3.63, 3.8) is 0 Å². The van der Waals surface area contributed by atoms with Crippen LogP contribution in [0.25, 0.3) is 0 Å². The van der Waals surface area contributed by atoms with Crippen molar-refractivity contribution in [1.82, 2.24) is 9.88 Å². The van der Waals surface area contributed by atoms with Crippen LogP contribution in [0, 0.1) is 0 Å². The fourth-order valence-electron chi connectivity index (χ4n) is 1.25. The van der Waals surface area contributed by atoms with E-state index in [0.29, 0.717) is 6.54 Å². The number of rotatable bonds is 6. The topological polar surface area (TPSA) is 56.3 Å². The highest BCUT2D eigenvalue weighted by atomic mass is 16.4. The van der Waals surface area contributed by atoms with Gasteiger partial charge in [-0.25, -0.2) is 0 Å². The van der Waals surface area contributed by atoms with Gasteiger partial charge in [0.2, 0.25) is 0 Å². The number of hydrogen-bond donors (Lipinski definition) is 0. The van der Waals surface area contributed by atoms with Gasteiger partial charge >= 0.3 is 0 Å². The minimum absolute atomic E-state index is 0.0821. The number of pyridine rings is 1. The predicted octanol–water partition coefficient (Wildman–Crippen LogP) is -0.304. The zero-order valence-electron chi connectivity index (χ0n) is 8.85. The minimum Gasteiger partial charge on any atom is -0.550 e. The molecule has 1 aromatic heterocycles. The van der Waals surface area contributed by atoms with E-state index in [0.717, 1.165) is 18.7 Å². The molecule has 0 N–H and O–H groups in total. The van der Waals surface area contributed by atoms with Crippen LogP contribution < -0.4 is 5.11 Å². The lowest BCUT2D eigenvalue weighted by Gasteiger charge is -2.16. The van der Waals surface area contributed by atoms with Crippen LogP contribution in [0.1, 0.15) is 12.1 Å². The molecule has 0 spiro atoms. The monoisotopic (exact) mass is 207 g/mol. The van der Waals surface area contributed by atoms with Gasteiger partial charge in [0.1, 0.15) is 0 Å². The molecule has 0 fully saturated rings. The van der Waals surface area contributed by atoms with Crippen molar-refractivity contribution in [2.75, 3.05) is 20.1 Å². The molecule has 15 heavy (non-hydrogen) atoms. The molecule has 1 aromatic rings. The molecule has 0 saturated carbocycles. The molecule has 4 heteroatoms. The molecule has 0 saturated heterocycles. The fraction of sp³-hybridized carbons (Fsp3) is 0.455. The largest absolute Gasteiger partial charge is 0.550 e. The quantitative estimate of drug-likeness (QED) is 0.642. The highest BCUT2D eigenvalue weighted by Crippen LogP contribution is 1.96. The second-order valence-electron chi connectivity index (χ2n) is 3.50. The molecular weight excluding hydrogens is 192 g/mol. The van der Waals surface area contributed by atoms with Gasteiger partial charge in [-0.3, -0.25) is 4.98 Å². The van der Waals surface area contributed by atoms with Gasteiger partial charge < -0.3 is 14.8 Å². The molecule has 4 nitrogen and oxygen atoms in total. The first-order chi connectivity index (χ1) is 7.18. The maximum Gasteiger partial charge on any atom is 0.0427 e. The summed E-state index contributed by atoms with van der Waals surface area (Å²) in [5.74, 6) is -1.00. The summed E-state index contributed by atoms with van der Waals surface area (Å²) in [5.41, 5.74) is 1.03. The summed E-state index contributed by atoms with van der Waals surface area (Å²) < 4.78 is 0. The maximum atomic E-state index is 10.2. The smallest absolute Gasteiger partial charge is 0.0427 e. The summed E-state index contributed by atoms with van der Waals surface area (Å²) in [6, 6.07) is 5.79. The number of carbonyl (C=O) groups is 1. The fourth-order valence-corrected chi connectivity index (χ4v) is 1.25. The van der Waals surface area contributed by atoms with E-state index in [-0.39, 0.29) is 6.42 Å². The normalized spacial score (nSPS) is 10.5. The van der Waals surface area contributed by atoms with Crippen LogP contribution in [0.4, 0.5) is 0 Å². The number of aliphatic carboxylic acids is 1. The second-order valence-corrected chi connectivity index (χ2v) is 3.50. The molecule has 1 rings (SSSR count). The Kier molecular flexibility index (Phi) is 4.77. The van der Waals surface area contributed by atoms with Crippen LogP contribution in [0.2, 0.25) is 0 Å². The molecule has 0 amide bonds. The van der Waals surface area contributed by atoms with Crippen LogP contribution in [-0.2, 0) is 11.2 Å². The Morgan fingerprint density at radius 2 is 2.27 bits per heavy atom. The van der Waals surface area contributed by atoms with Gasteiger partial charge in [0.15, 0.2) is 0 Å². The number of hydrogen-bond acceptors (Lipinski definition) is 4. The summed E-state index contributed by atoms with van der Waals surface area (Å²) >= 11 is 0. The van der Waals surface area contributed by atoms with E-state index in [1.807, 2.05) is 30.1 Å². The standard InChI is InChI=1S/C11H16N2O2/c1-13(9-6-11(14)15)8-5-10-4-2-3-7-12-10/h2-4,7H,5-6,8-9H2,1H3,(H,14,15)/p-1. The van der Waals surface area contributed by atoms with Crippen molar-refractivity contribution < 1.29 is 9.90 Å². The molecule has 0 aliphatic carbocycles. The zero-order chi connectivity index (χ0) is 11.1. The molecular formula is C11H15N2O2-. The second kappa shape index (κ2) is 6.14. The molecule has 0 aromatic carbocycles. The zero-order valence-corrected chi connectivity index (χ0v) is 8.85. The van der Waals surface area contributed by atoms with Crippen molar-refractivity contribution in [2.24, 2.45) is 0 Å². The first kappa shape index (κ1) is 11.7. The first-order valence-electron chi connectivity index (χ1n) is 4.97. The average Bonchev–Trinajstić information content (AvgIpc) is 2.25. The molecule has 0 atom stereocenters. The highest BCUT2D eigenvalue weighted by molar-refractivity contribution is 5.64. The van der Waals surface area contributed by atoms with Crippen LogP contribution in [0.3, 0.4) is 0 Å². The van der Waals surface area contributed by atoms with Gasteiger partial charge in [0, 0.05) is 37.4 Å².